The highest BCUT2D eigenvalue weighted by atomic mass is 16.5. The molecule has 0 unspecified atom stereocenters. The van der Waals surface area contributed by atoms with E-state index < -0.39 is 0 Å². The standard InChI is InChI=1S/C21H24N4O3/c1-13-6-8-17(26-3)16(10-13)25-21-12-20(22-14(2)23-21)24-15-7-9-18(27-4)19(11-15)28-5/h6-12H,1-5H3,(H2,22,23,24,25). The van der Waals surface area contributed by atoms with Gasteiger partial charge in [0.1, 0.15) is 23.2 Å². The third-order valence-corrected chi connectivity index (χ3v) is 4.11. The highest BCUT2D eigenvalue weighted by molar-refractivity contribution is 5.68. The van der Waals surface area contributed by atoms with E-state index in [1.54, 1.807) is 21.3 Å². The Kier molecular flexibility index (Phi) is 5.84. The van der Waals surface area contributed by atoms with Crippen LogP contribution in [-0.2, 0) is 0 Å². The van der Waals surface area contributed by atoms with Gasteiger partial charge in [0.2, 0.25) is 0 Å². The molecule has 2 N–H and O–H groups in total. The number of aromatic nitrogens is 2. The lowest BCUT2D eigenvalue weighted by Crippen LogP contribution is -2.03. The Morgan fingerprint density at radius 1 is 0.679 bits per heavy atom. The zero-order chi connectivity index (χ0) is 20.1. The van der Waals surface area contributed by atoms with Crippen LogP contribution >= 0.6 is 0 Å². The van der Waals surface area contributed by atoms with E-state index in [1.165, 1.54) is 0 Å². The molecule has 0 aliphatic rings. The summed E-state index contributed by atoms with van der Waals surface area (Å²) in [4.78, 5) is 8.94. The number of hydrogen-bond acceptors (Lipinski definition) is 7. The molecule has 1 heterocycles. The summed E-state index contributed by atoms with van der Waals surface area (Å²) in [5.74, 6) is 4.02. The molecule has 0 aliphatic heterocycles. The molecule has 0 atom stereocenters. The van der Waals surface area contributed by atoms with Crippen molar-refractivity contribution in [2.24, 2.45) is 0 Å². The van der Waals surface area contributed by atoms with E-state index in [-0.39, 0.29) is 0 Å². The van der Waals surface area contributed by atoms with Gasteiger partial charge >= 0.3 is 0 Å². The fourth-order valence-corrected chi connectivity index (χ4v) is 2.82. The van der Waals surface area contributed by atoms with E-state index in [1.807, 2.05) is 56.3 Å². The fraction of sp³-hybridized carbons (Fsp3) is 0.238. The van der Waals surface area contributed by atoms with Crippen molar-refractivity contribution in [1.29, 1.82) is 0 Å². The molecule has 2 aromatic carbocycles. The predicted octanol–water partition coefficient (Wildman–Crippen LogP) is 4.61. The molecule has 3 rings (SSSR count). The Morgan fingerprint density at radius 3 is 2.00 bits per heavy atom. The lowest BCUT2D eigenvalue weighted by Gasteiger charge is -2.14. The summed E-state index contributed by atoms with van der Waals surface area (Å²) in [6.07, 6.45) is 0. The number of anilines is 4. The molecule has 0 saturated carbocycles. The number of rotatable bonds is 7. The molecule has 0 bridgehead atoms. The van der Waals surface area contributed by atoms with Crippen LogP contribution < -0.4 is 24.8 Å². The minimum absolute atomic E-state index is 0.639. The Hall–Kier alpha value is -3.48. The number of benzene rings is 2. The van der Waals surface area contributed by atoms with Gasteiger partial charge in [-0.15, -0.1) is 0 Å². The topological polar surface area (TPSA) is 77.5 Å². The first kappa shape index (κ1) is 19.3. The van der Waals surface area contributed by atoms with Gasteiger partial charge in [-0.2, -0.15) is 0 Å². The van der Waals surface area contributed by atoms with Gasteiger partial charge in [-0.05, 0) is 43.7 Å². The van der Waals surface area contributed by atoms with Gasteiger partial charge in [-0.3, -0.25) is 0 Å². The van der Waals surface area contributed by atoms with E-state index in [4.69, 9.17) is 14.2 Å². The van der Waals surface area contributed by atoms with Crippen molar-refractivity contribution in [2.75, 3.05) is 32.0 Å². The van der Waals surface area contributed by atoms with E-state index in [0.717, 1.165) is 22.7 Å². The first-order valence-corrected chi connectivity index (χ1v) is 8.78. The number of nitrogens with one attached hydrogen (secondary N) is 2. The highest BCUT2D eigenvalue weighted by Gasteiger charge is 2.09. The third-order valence-electron chi connectivity index (χ3n) is 4.11. The minimum Gasteiger partial charge on any atom is -0.495 e. The lowest BCUT2D eigenvalue weighted by atomic mass is 10.2. The van der Waals surface area contributed by atoms with Crippen LogP contribution in [0.25, 0.3) is 0 Å². The molecule has 0 fully saturated rings. The molecule has 0 radical (unpaired) electrons. The molecule has 0 amide bonds. The van der Waals surface area contributed by atoms with E-state index in [0.29, 0.717) is 29.0 Å². The van der Waals surface area contributed by atoms with Crippen LogP contribution in [0.15, 0.2) is 42.5 Å². The summed E-state index contributed by atoms with van der Waals surface area (Å²) in [5, 5.41) is 6.59. The molecule has 146 valence electrons. The fourth-order valence-electron chi connectivity index (χ4n) is 2.82. The lowest BCUT2D eigenvalue weighted by molar-refractivity contribution is 0.355. The summed E-state index contributed by atoms with van der Waals surface area (Å²) >= 11 is 0. The molecular weight excluding hydrogens is 356 g/mol. The molecule has 0 saturated heterocycles. The van der Waals surface area contributed by atoms with Gasteiger partial charge in [0.15, 0.2) is 11.5 Å². The van der Waals surface area contributed by atoms with Gasteiger partial charge in [0, 0.05) is 17.8 Å². The Bertz CT molecular complexity index is 976. The normalized spacial score (nSPS) is 10.3. The number of methoxy groups -OCH3 is 3. The van der Waals surface area contributed by atoms with E-state index >= 15 is 0 Å². The van der Waals surface area contributed by atoms with Crippen molar-refractivity contribution >= 4 is 23.0 Å². The quantitative estimate of drug-likeness (QED) is 0.620. The van der Waals surface area contributed by atoms with Crippen LogP contribution in [0.3, 0.4) is 0 Å². The van der Waals surface area contributed by atoms with Crippen LogP contribution in [0.4, 0.5) is 23.0 Å². The maximum atomic E-state index is 5.43. The smallest absolute Gasteiger partial charge is 0.162 e. The minimum atomic E-state index is 0.639. The zero-order valence-electron chi connectivity index (χ0n) is 16.7. The Morgan fingerprint density at radius 2 is 1.32 bits per heavy atom. The first-order valence-electron chi connectivity index (χ1n) is 8.78. The van der Waals surface area contributed by atoms with Crippen molar-refractivity contribution in [2.45, 2.75) is 13.8 Å². The molecule has 3 aromatic rings. The van der Waals surface area contributed by atoms with Crippen molar-refractivity contribution in [3.63, 3.8) is 0 Å². The Balaban J connectivity index is 1.87. The van der Waals surface area contributed by atoms with Crippen LogP contribution in [0, 0.1) is 13.8 Å². The van der Waals surface area contributed by atoms with Crippen LogP contribution in [0.2, 0.25) is 0 Å². The second kappa shape index (κ2) is 8.47. The third kappa shape index (κ3) is 4.43. The van der Waals surface area contributed by atoms with Crippen LogP contribution in [-0.4, -0.2) is 31.3 Å². The van der Waals surface area contributed by atoms with Crippen LogP contribution in [0.5, 0.6) is 17.2 Å². The molecule has 0 aliphatic carbocycles. The summed E-state index contributed by atoms with van der Waals surface area (Å²) in [6, 6.07) is 13.4. The van der Waals surface area contributed by atoms with Gasteiger partial charge in [0.05, 0.1) is 27.0 Å². The average Bonchev–Trinajstić information content (AvgIpc) is 2.67. The molecule has 7 heteroatoms. The number of hydrogen-bond donors (Lipinski definition) is 2. The predicted molar refractivity (Wildman–Crippen MR) is 111 cm³/mol. The largest absolute Gasteiger partial charge is 0.495 e. The molecule has 1 aromatic heterocycles. The second-order valence-corrected chi connectivity index (χ2v) is 6.21. The van der Waals surface area contributed by atoms with Crippen LogP contribution in [0.1, 0.15) is 11.4 Å². The average molecular weight is 380 g/mol. The van der Waals surface area contributed by atoms with Crippen molar-refractivity contribution in [1.82, 2.24) is 9.97 Å². The summed E-state index contributed by atoms with van der Waals surface area (Å²) in [6.45, 7) is 3.87. The molecule has 0 spiro atoms. The highest BCUT2D eigenvalue weighted by Crippen LogP contribution is 2.32. The van der Waals surface area contributed by atoms with Gasteiger partial charge in [-0.25, -0.2) is 9.97 Å². The first-order chi connectivity index (χ1) is 13.5. The van der Waals surface area contributed by atoms with Crippen molar-refractivity contribution in [3.8, 4) is 17.2 Å². The maximum Gasteiger partial charge on any atom is 0.162 e. The molecule has 28 heavy (non-hydrogen) atoms. The zero-order valence-corrected chi connectivity index (χ0v) is 16.7. The van der Waals surface area contributed by atoms with E-state index in [9.17, 15) is 0 Å². The van der Waals surface area contributed by atoms with Gasteiger partial charge in [-0.1, -0.05) is 6.07 Å². The SMILES string of the molecule is COc1ccc(C)cc1Nc1cc(Nc2ccc(OC)c(OC)c2)nc(C)n1. The Labute approximate surface area is 164 Å². The van der Waals surface area contributed by atoms with Crippen molar-refractivity contribution in [3.05, 3.63) is 53.9 Å². The molecular formula is C21H24N4O3. The molecule has 7 nitrogen and oxygen atoms in total. The number of aryl methyl sites for hydroxylation is 2. The van der Waals surface area contributed by atoms with Gasteiger partial charge in [0.25, 0.3) is 0 Å². The van der Waals surface area contributed by atoms with Crippen molar-refractivity contribution < 1.29 is 14.2 Å². The number of ether oxygens (including phenoxy) is 3. The van der Waals surface area contributed by atoms with Gasteiger partial charge < -0.3 is 24.8 Å². The summed E-state index contributed by atoms with van der Waals surface area (Å²) in [5.41, 5.74) is 2.80. The second-order valence-electron chi connectivity index (χ2n) is 6.21. The monoisotopic (exact) mass is 380 g/mol. The number of nitrogens with zero attached hydrogens (tertiary/aromatic N) is 2. The summed E-state index contributed by atoms with van der Waals surface area (Å²) in [7, 11) is 4.86. The maximum absolute atomic E-state index is 5.43. The summed E-state index contributed by atoms with van der Waals surface area (Å²) < 4.78 is 16.1. The van der Waals surface area contributed by atoms with E-state index in [2.05, 4.69) is 20.6 Å².